The molecule has 0 bridgehead atoms. The van der Waals surface area contributed by atoms with E-state index >= 15 is 0 Å². The van der Waals surface area contributed by atoms with Gasteiger partial charge in [-0.3, -0.25) is 9.55 Å². The van der Waals surface area contributed by atoms with Crippen LogP contribution in [0.25, 0.3) is 11.2 Å². The van der Waals surface area contributed by atoms with Crippen molar-refractivity contribution in [2.45, 2.75) is 0 Å². The fourth-order valence-electron chi connectivity index (χ4n) is 1.26. The van der Waals surface area contributed by atoms with Gasteiger partial charge in [-0.2, -0.15) is 0 Å². The molecule has 73 valence electrons. The molecule has 2 aromatic heterocycles. The molecule has 0 aliphatic carbocycles. The number of anilines is 1. The van der Waals surface area contributed by atoms with E-state index in [-0.39, 0.29) is 5.69 Å². The van der Waals surface area contributed by atoms with Gasteiger partial charge in [-0.1, -0.05) is 0 Å². The molecule has 5 nitrogen and oxygen atoms in total. The van der Waals surface area contributed by atoms with Crippen LogP contribution in [-0.2, 0) is 7.05 Å². The van der Waals surface area contributed by atoms with E-state index in [1.54, 1.807) is 13.1 Å². The van der Waals surface area contributed by atoms with E-state index in [9.17, 15) is 4.79 Å². The van der Waals surface area contributed by atoms with Gasteiger partial charge in [0.25, 0.3) is 0 Å². The number of nitrogens with zero attached hydrogens (tertiary/aromatic N) is 3. The van der Waals surface area contributed by atoms with Crippen molar-refractivity contribution < 1.29 is 0 Å². The Morgan fingerprint density at radius 1 is 1.57 bits per heavy atom. The molecule has 0 aliphatic rings. The van der Waals surface area contributed by atoms with Crippen molar-refractivity contribution in [3.05, 3.63) is 22.6 Å². The van der Waals surface area contributed by atoms with Crippen LogP contribution in [0.4, 0.5) is 5.82 Å². The van der Waals surface area contributed by atoms with Crippen LogP contribution < -0.4 is 10.6 Å². The standard InChI is InChI=1S/C9H11N4O/c1-12(2)7-5-4-6-8(10-7)11-9(14)13(6)3/h5H,1-3H3,(H,10,11,14). The Bertz CT molecular complexity index is 523. The minimum atomic E-state index is -0.167. The molecule has 0 aromatic carbocycles. The highest BCUT2D eigenvalue weighted by Gasteiger charge is 2.05. The number of fused-ring (bicyclic) bond motifs is 1. The monoisotopic (exact) mass is 191 g/mol. The van der Waals surface area contributed by atoms with E-state index < -0.39 is 0 Å². The van der Waals surface area contributed by atoms with Crippen LogP contribution in [0.5, 0.6) is 0 Å². The molecule has 0 saturated heterocycles. The molecule has 1 radical (unpaired) electrons. The lowest BCUT2D eigenvalue weighted by Gasteiger charge is -2.09. The van der Waals surface area contributed by atoms with Crippen LogP contribution in [0.2, 0.25) is 0 Å². The van der Waals surface area contributed by atoms with Gasteiger partial charge < -0.3 is 4.90 Å². The molecule has 0 fully saturated rings. The number of aromatic nitrogens is 3. The van der Waals surface area contributed by atoms with Crippen LogP contribution in [-0.4, -0.2) is 28.6 Å². The molecular weight excluding hydrogens is 180 g/mol. The average molecular weight is 191 g/mol. The van der Waals surface area contributed by atoms with Crippen LogP contribution in [0.3, 0.4) is 0 Å². The second-order valence-electron chi connectivity index (χ2n) is 3.34. The van der Waals surface area contributed by atoms with Crippen LogP contribution >= 0.6 is 0 Å². The molecule has 0 unspecified atom stereocenters. The van der Waals surface area contributed by atoms with Crippen LogP contribution in [0.1, 0.15) is 0 Å². The van der Waals surface area contributed by atoms with Crippen molar-refractivity contribution in [2.75, 3.05) is 19.0 Å². The highest BCUT2D eigenvalue weighted by Crippen LogP contribution is 2.11. The maximum atomic E-state index is 11.3. The van der Waals surface area contributed by atoms with Crippen molar-refractivity contribution in [1.29, 1.82) is 0 Å². The van der Waals surface area contributed by atoms with Gasteiger partial charge in [-0.05, 0) is 6.07 Å². The summed E-state index contributed by atoms with van der Waals surface area (Å²) in [7, 11) is 5.47. The molecule has 1 N–H and O–H groups in total. The highest BCUT2D eigenvalue weighted by atomic mass is 16.1. The largest absolute Gasteiger partial charge is 0.363 e. The van der Waals surface area contributed by atoms with Crippen LogP contribution in [0.15, 0.2) is 10.9 Å². The SMILES string of the molecule is CN(C)c1c[c]c2c(n1)[nH]c(=O)n2C. The lowest BCUT2D eigenvalue weighted by molar-refractivity contribution is 0.891. The van der Waals surface area contributed by atoms with Gasteiger partial charge in [0.1, 0.15) is 5.82 Å². The zero-order valence-corrected chi connectivity index (χ0v) is 8.33. The molecule has 0 atom stereocenters. The zero-order chi connectivity index (χ0) is 10.3. The summed E-state index contributed by atoms with van der Waals surface area (Å²) in [4.78, 5) is 20.1. The first-order chi connectivity index (χ1) is 6.59. The Morgan fingerprint density at radius 2 is 2.29 bits per heavy atom. The predicted molar refractivity (Wildman–Crippen MR) is 54.5 cm³/mol. The molecule has 5 heteroatoms. The quantitative estimate of drug-likeness (QED) is 0.697. The number of hydrogen-bond acceptors (Lipinski definition) is 3. The van der Waals surface area contributed by atoms with Gasteiger partial charge in [0.15, 0.2) is 5.65 Å². The molecule has 2 heterocycles. The number of imidazole rings is 1. The van der Waals surface area contributed by atoms with Crippen molar-refractivity contribution in [2.24, 2.45) is 7.05 Å². The Labute approximate surface area is 81.0 Å². The Kier molecular flexibility index (Phi) is 1.80. The number of rotatable bonds is 1. The van der Waals surface area contributed by atoms with E-state index in [4.69, 9.17) is 0 Å². The summed E-state index contributed by atoms with van der Waals surface area (Å²) in [6.07, 6.45) is 0. The molecular formula is C9H11N4O. The number of H-pyrrole nitrogens is 1. The number of nitrogens with one attached hydrogen (secondary N) is 1. The summed E-state index contributed by atoms with van der Waals surface area (Å²) >= 11 is 0. The van der Waals surface area contributed by atoms with Gasteiger partial charge in [0.2, 0.25) is 0 Å². The number of aromatic amines is 1. The van der Waals surface area contributed by atoms with Crippen LogP contribution in [0, 0.1) is 6.07 Å². The Morgan fingerprint density at radius 3 is 2.93 bits per heavy atom. The van der Waals surface area contributed by atoms with Gasteiger partial charge >= 0.3 is 5.69 Å². The first-order valence-electron chi connectivity index (χ1n) is 4.24. The van der Waals surface area contributed by atoms with Crippen molar-refractivity contribution >= 4 is 17.0 Å². The summed E-state index contributed by atoms with van der Waals surface area (Å²) in [5, 5.41) is 0. The normalized spacial score (nSPS) is 10.8. The number of hydrogen-bond donors (Lipinski definition) is 1. The summed E-state index contributed by atoms with van der Waals surface area (Å²) in [5.41, 5.74) is 1.10. The molecule has 14 heavy (non-hydrogen) atoms. The lowest BCUT2D eigenvalue weighted by atomic mass is 10.4. The minimum absolute atomic E-state index is 0.167. The topological polar surface area (TPSA) is 53.9 Å². The maximum Gasteiger partial charge on any atom is 0.327 e. The van der Waals surface area contributed by atoms with E-state index in [1.807, 2.05) is 19.0 Å². The molecule has 0 amide bonds. The maximum absolute atomic E-state index is 11.3. The molecule has 0 aliphatic heterocycles. The first-order valence-corrected chi connectivity index (χ1v) is 4.24. The van der Waals surface area contributed by atoms with Gasteiger partial charge in [-0.15, -0.1) is 0 Å². The fraction of sp³-hybridized carbons (Fsp3) is 0.333. The van der Waals surface area contributed by atoms with Crippen molar-refractivity contribution in [3.63, 3.8) is 0 Å². The molecule has 2 aromatic rings. The summed E-state index contributed by atoms with van der Waals surface area (Å²) < 4.78 is 1.49. The highest BCUT2D eigenvalue weighted by molar-refractivity contribution is 5.72. The lowest BCUT2D eigenvalue weighted by Crippen LogP contribution is -2.11. The average Bonchev–Trinajstić information content (AvgIpc) is 2.42. The molecule has 0 saturated carbocycles. The third kappa shape index (κ3) is 1.17. The molecule has 0 spiro atoms. The number of pyridine rings is 1. The summed E-state index contributed by atoms with van der Waals surface area (Å²) in [6.45, 7) is 0. The number of aryl methyl sites for hydroxylation is 1. The van der Waals surface area contributed by atoms with E-state index in [0.29, 0.717) is 11.2 Å². The second-order valence-corrected chi connectivity index (χ2v) is 3.34. The Balaban J connectivity index is 2.73. The Hall–Kier alpha value is -1.78. The predicted octanol–water partition coefficient (Wildman–Crippen LogP) is 0.128. The molecule has 2 rings (SSSR count). The zero-order valence-electron chi connectivity index (χ0n) is 8.33. The minimum Gasteiger partial charge on any atom is -0.363 e. The first kappa shape index (κ1) is 8.80. The van der Waals surface area contributed by atoms with E-state index in [0.717, 1.165) is 5.82 Å². The smallest absolute Gasteiger partial charge is 0.327 e. The third-order valence-electron chi connectivity index (χ3n) is 2.11. The summed E-state index contributed by atoms with van der Waals surface area (Å²) in [6, 6.07) is 4.78. The van der Waals surface area contributed by atoms with Gasteiger partial charge in [-0.25, -0.2) is 9.78 Å². The fourth-order valence-corrected chi connectivity index (χ4v) is 1.26. The van der Waals surface area contributed by atoms with Gasteiger partial charge in [0.05, 0.1) is 5.52 Å². The second kappa shape index (κ2) is 2.87. The summed E-state index contributed by atoms with van der Waals surface area (Å²) in [5.74, 6) is 0.777. The van der Waals surface area contributed by atoms with Crippen molar-refractivity contribution in [3.8, 4) is 0 Å². The van der Waals surface area contributed by atoms with E-state index in [2.05, 4.69) is 16.0 Å². The third-order valence-corrected chi connectivity index (χ3v) is 2.11. The van der Waals surface area contributed by atoms with Gasteiger partial charge in [0, 0.05) is 27.2 Å². The van der Waals surface area contributed by atoms with E-state index in [1.165, 1.54) is 4.57 Å². The van der Waals surface area contributed by atoms with Crippen molar-refractivity contribution in [1.82, 2.24) is 14.5 Å².